The zero-order chi connectivity index (χ0) is 21.6. The number of nitrogens with two attached hydrogens (primary N) is 1. The highest BCUT2D eigenvalue weighted by molar-refractivity contribution is 7.92. The van der Waals surface area contributed by atoms with Crippen molar-refractivity contribution in [2.45, 2.75) is 10.4 Å². The quantitative estimate of drug-likeness (QED) is 0.618. The van der Waals surface area contributed by atoms with Crippen LogP contribution >= 0.6 is 0 Å². The van der Waals surface area contributed by atoms with E-state index in [4.69, 9.17) is 5.73 Å². The number of nitrogen functional groups attached to an aromatic ring is 1. The van der Waals surface area contributed by atoms with Crippen LogP contribution in [-0.2, 0) is 16.9 Å². The molecule has 0 radical (unpaired) electrons. The van der Waals surface area contributed by atoms with Crippen LogP contribution in [-0.4, -0.2) is 29.6 Å². The van der Waals surface area contributed by atoms with Gasteiger partial charge in [0.05, 0.1) is 21.7 Å². The van der Waals surface area contributed by atoms with Crippen molar-refractivity contribution in [2.75, 3.05) is 11.1 Å². The zero-order valence-electron chi connectivity index (χ0n) is 14.7. The van der Waals surface area contributed by atoms with Crippen LogP contribution in [0.3, 0.4) is 0 Å². The second-order valence-corrected chi connectivity index (χ2v) is 7.92. The number of rotatable bonds is 3. The summed E-state index contributed by atoms with van der Waals surface area (Å²) in [6, 6.07) is 8.36. The van der Waals surface area contributed by atoms with Gasteiger partial charge in [0.1, 0.15) is 0 Å². The van der Waals surface area contributed by atoms with Crippen LogP contribution in [0.1, 0.15) is 10.5 Å². The molecule has 1 heterocycles. The van der Waals surface area contributed by atoms with E-state index < -0.39 is 31.7 Å². The molecule has 152 valence electrons. The van der Waals surface area contributed by atoms with Crippen LogP contribution in [0.15, 0.2) is 52.2 Å². The Kier molecular flexibility index (Phi) is 4.82. The van der Waals surface area contributed by atoms with Crippen LogP contribution in [0.25, 0.3) is 10.8 Å². The van der Waals surface area contributed by atoms with E-state index in [0.717, 1.165) is 10.7 Å². The maximum absolute atomic E-state index is 12.8. The molecule has 3 N–H and O–H groups in total. The van der Waals surface area contributed by atoms with Crippen LogP contribution in [0.2, 0.25) is 0 Å². The normalized spacial score (nSPS) is 12.1. The van der Waals surface area contributed by atoms with Gasteiger partial charge in [0.25, 0.3) is 21.3 Å². The van der Waals surface area contributed by atoms with Crippen LogP contribution in [0.4, 0.5) is 24.5 Å². The molecular formula is C17H13F3N4O4S. The molecule has 0 aliphatic heterocycles. The van der Waals surface area contributed by atoms with Crippen molar-refractivity contribution in [2.24, 2.45) is 7.05 Å². The van der Waals surface area contributed by atoms with Gasteiger partial charge < -0.3 is 11.1 Å². The number of carbonyl (C=O) groups is 1. The van der Waals surface area contributed by atoms with Gasteiger partial charge in [0, 0.05) is 12.4 Å². The summed E-state index contributed by atoms with van der Waals surface area (Å²) in [5, 5.41) is 6.56. The zero-order valence-corrected chi connectivity index (χ0v) is 15.5. The third-order valence-corrected chi connectivity index (χ3v) is 5.54. The molecule has 1 amide bonds. The van der Waals surface area contributed by atoms with E-state index >= 15 is 0 Å². The molecular weight excluding hydrogens is 413 g/mol. The van der Waals surface area contributed by atoms with E-state index in [0.29, 0.717) is 12.1 Å². The van der Waals surface area contributed by atoms with Gasteiger partial charge in [-0.3, -0.25) is 9.59 Å². The highest BCUT2D eigenvalue weighted by Crippen LogP contribution is 2.33. The molecule has 1 aromatic heterocycles. The van der Waals surface area contributed by atoms with Gasteiger partial charge >= 0.3 is 5.51 Å². The lowest BCUT2D eigenvalue weighted by Gasteiger charge is -2.13. The number of sulfone groups is 1. The van der Waals surface area contributed by atoms with Crippen molar-refractivity contribution >= 4 is 37.9 Å². The fourth-order valence-corrected chi connectivity index (χ4v) is 3.38. The number of alkyl halides is 3. The maximum atomic E-state index is 12.8. The minimum absolute atomic E-state index is 0.159. The Bertz CT molecular complexity index is 1300. The third-order valence-electron chi connectivity index (χ3n) is 4.06. The lowest BCUT2D eigenvalue weighted by molar-refractivity contribution is -0.0436. The first kappa shape index (κ1) is 20.3. The number of benzene rings is 2. The van der Waals surface area contributed by atoms with E-state index in [1.54, 1.807) is 12.1 Å². The summed E-state index contributed by atoms with van der Waals surface area (Å²) >= 11 is 0. The van der Waals surface area contributed by atoms with E-state index in [1.165, 1.54) is 19.2 Å². The number of anilines is 2. The Morgan fingerprint density at radius 3 is 2.38 bits per heavy atom. The smallest absolute Gasteiger partial charge is 0.397 e. The molecule has 0 spiro atoms. The van der Waals surface area contributed by atoms with Crippen molar-refractivity contribution in [3.63, 3.8) is 0 Å². The highest BCUT2D eigenvalue weighted by atomic mass is 32.2. The summed E-state index contributed by atoms with van der Waals surface area (Å²) in [4.78, 5) is 23.7. The Hall–Kier alpha value is -3.41. The maximum Gasteiger partial charge on any atom is 0.501 e. The fraction of sp³-hybridized carbons (Fsp3) is 0.118. The van der Waals surface area contributed by atoms with Crippen molar-refractivity contribution in [1.82, 2.24) is 9.78 Å². The Morgan fingerprint density at radius 2 is 1.76 bits per heavy atom. The summed E-state index contributed by atoms with van der Waals surface area (Å²) < 4.78 is 62.5. The second-order valence-electron chi connectivity index (χ2n) is 5.98. The SMILES string of the molecule is Cn1nc(C(=O)Nc2cc(S(=O)(=O)C(F)(F)F)ccc2N)c2ccccc2c1=O. The first-order chi connectivity index (χ1) is 13.4. The Morgan fingerprint density at radius 1 is 1.14 bits per heavy atom. The molecule has 8 nitrogen and oxygen atoms in total. The largest absolute Gasteiger partial charge is 0.501 e. The van der Waals surface area contributed by atoms with Crippen molar-refractivity contribution in [3.05, 3.63) is 58.5 Å². The topological polar surface area (TPSA) is 124 Å². The van der Waals surface area contributed by atoms with Crippen LogP contribution in [0, 0.1) is 0 Å². The van der Waals surface area contributed by atoms with Gasteiger partial charge in [-0.2, -0.15) is 18.3 Å². The number of aryl methyl sites for hydroxylation is 1. The molecule has 0 saturated heterocycles. The Labute approximate surface area is 161 Å². The lowest BCUT2D eigenvalue weighted by Crippen LogP contribution is -2.26. The first-order valence-electron chi connectivity index (χ1n) is 7.92. The fourth-order valence-electron chi connectivity index (χ4n) is 2.59. The van der Waals surface area contributed by atoms with E-state index in [1.807, 2.05) is 0 Å². The summed E-state index contributed by atoms with van der Waals surface area (Å²) in [5.41, 5.74) is -0.989. The molecule has 29 heavy (non-hydrogen) atoms. The lowest BCUT2D eigenvalue weighted by atomic mass is 10.1. The third kappa shape index (κ3) is 3.53. The predicted molar refractivity (Wildman–Crippen MR) is 99.0 cm³/mol. The van der Waals surface area contributed by atoms with Crippen LogP contribution < -0.4 is 16.6 Å². The number of halogens is 3. The number of nitrogens with zero attached hydrogens (tertiary/aromatic N) is 2. The summed E-state index contributed by atoms with van der Waals surface area (Å²) in [5.74, 6) is -0.884. The molecule has 12 heteroatoms. The number of aromatic nitrogens is 2. The molecule has 0 atom stereocenters. The van der Waals surface area contributed by atoms with Gasteiger partial charge in [-0.05, 0) is 24.3 Å². The molecule has 0 aliphatic rings. The molecule has 3 aromatic rings. The number of carbonyl (C=O) groups excluding carboxylic acids is 1. The molecule has 0 saturated carbocycles. The van der Waals surface area contributed by atoms with Crippen LogP contribution in [0.5, 0.6) is 0 Å². The highest BCUT2D eigenvalue weighted by Gasteiger charge is 2.47. The number of amides is 1. The standard InChI is InChI=1S/C17H13F3N4O4S/c1-24-16(26)11-5-3-2-4-10(11)14(23-24)15(25)22-13-8-9(6-7-12(13)21)29(27,28)17(18,19)20/h2-8H,21H2,1H3,(H,22,25). The summed E-state index contributed by atoms with van der Waals surface area (Å²) in [7, 11) is -4.30. The molecule has 0 fully saturated rings. The van der Waals surface area contributed by atoms with Crippen molar-refractivity contribution in [1.29, 1.82) is 0 Å². The van der Waals surface area contributed by atoms with Gasteiger partial charge in [-0.15, -0.1) is 0 Å². The molecule has 3 rings (SSSR count). The molecule has 2 aromatic carbocycles. The van der Waals surface area contributed by atoms with Gasteiger partial charge in [0.2, 0.25) is 0 Å². The van der Waals surface area contributed by atoms with Gasteiger partial charge in [-0.25, -0.2) is 13.1 Å². The monoisotopic (exact) mass is 426 g/mol. The van der Waals surface area contributed by atoms with Gasteiger partial charge in [-0.1, -0.05) is 18.2 Å². The predicted octanol–water partition coefficient (Wildman–Crippen LogP) is 2.06. The number of fused-ring (bicyclic) bond motifs is 1. The van der Waals surface area contributed by atoms with Gasteiger partial charge in [0.15, 0.2) is 5.69 Å². The minimum Gasteiger partial charge on any atom is -0.397 e. The minimum atomic E-state index is -5.63. The first-order valence-corrected chi connectivity index (χ1v) is 9.40. The molecule has 0 aliphatic carbocycles. The second kappa shape index (κ2) is 6.88. The molecule has 0 unspecified atom stereocenters. The average molecular weight is 426 g/mol. The van der Waals surface area contributed by atoms with Crippen molar-refractivity contribution in [3.8, 4) is 0 Å². The molecule has 0 bridgehead atoms. The summed E-state index contributed by atoms with van der Waals surface area (Å²) in [6.07, 6.45) is 0. The average Bonchev–Trinajstić information content (AvgIpc) is 2.65. The number of hydrogen-bond acceptors (Lipinski definition) is 6. The number of hydrogen-bond donors (Lipinski definition) is 2. The van der Waals surface area contributed by atoms with E-state index in [2.05, 4.69) is 10.4 Å². The van der Waals surface area contributed by atoms with E-state index in [-0.39, 0.29) is 27.8 Å². The Balaban J connectivity index is 2.07. The van der Waals surface area contributed by atoms with E-state index in [9.17, 15) is 31.2 Å². The van der Waals surface area contributed by atoms with Crippen molar-refractivity contribution < 1.29 is 26.4 Å². The summed E-state index contributed by atoms with van der Waals surface area (Å²) in [6.45, 7) is 0. The number of nitrogens with one attached hydrogen (secondary N) is 1.